The second kappa shape index (κ2) is 4.06. The Kier molecular flexibility index (Phi) is 3.04. The minimum absolute atomic E-state index is 0.0261. The molecule has 0 spiro atoms. The normalized spacial score (nSPS) is 9.75. The van der Waals surface area contributed by atoms with Crippen LogP contribution in [-0.2, 0) is 0 Å². The maximum atomic E-state index is 11.8. The van der Waals surface area contributed by atoms with Crippen LogP contribution in [0.5, 0.6) is 0 Å². The van der Waals surface area contributed by atoms with Crippen molar-refractivity contribution in [2.24, 2.45) is 0 Å². The Balaban J connectivity index is 2.78. The van der Waals surface area contributed by atoms with Gasteiger partial charge in [-0.05, 0) is 12.1 Å². The van der Waals surface area contributed by atoms with Gasteiger partial charge in [0.05, 0.1) is 4.92 Å². The van der Waals surface area contributed by atoms with E-state index in [1.165, 1.54) is 24.3 Å². The maximum absolute atomic E-state index is 11.8. The molecule has 0 saturated carbocycles. The third-order valence-electron chi connectivity index (χ3n) is 1.27. The highest BCUT2D eigenvalue weighted by atomic mass is 32.2. The fourth-order valence-electron chi connectivity index (χ4n) is 0.727. The van der Waals surface area contributed by atoms with Crippen LogP contribution in [0.1, 0.15) is 0 Å². The van der Waals surface area contributed by atoms with Gasteiger partial charge in [-0.25, -0.2) is 4.39 Å². The summed E-state index contributed by atoms with van der Waals surface area (Å²) < 4.78 is 11.8. The summed E-state index contributed by atoms with van der Waals surface area (Å²) in [6.45, 7) is 0. The topological polar surface area (TPSA) is 43.1 Å². The van der Waals surface area contributed by atoms with Crippen LogP contribution in [0.15, 0.2) is 29.2 Å². The van der Waals surface area contributed by atoms with E-state index in [4.69, 9.17) is 0 Å². The van der Waals surface area contributed by atoms with Crippen LogP contribution in [0.2, 0.25) is 0 Å². The smallest absolute Gasteiger partial charge is 0.258 e. The van der Waals surface area contributed by atoms with Crippen molar-refractivity contribution in [1.82, 2.24) is 0 Å². The molecule has 0 amide bonds. The third-order valence-corrected chi connectivity index (χ3v) is 1.98. The molecule has 0 fully saturated rings. The number of non-ortho nitro benzene ring substituents is 1. The molecule has 1 rings (SSSR count). The summed E-state index contributed by atoms with van der Waals surface area (Å²) in [5.74, 6) is 0. The Morgan fingerprint density at radius 2 is 2.00 bits per heavy atom. The van der Waals surface area contributed by atoms with Crippen molar-refractivity contribution in [2.75, 3.05) is 6.01 Å². The Hall–Kier alpha value is -1.10. The minimum Gasteiger partial charge on any atom is -0.258 e. The molecule has 12 heavy (non-hydrogen) atoms. The standard InChI is InChI=1S/C7H6FNO2S/c8-5-12-7-3-1-6(2-4-7)9(10)11/h1-4H,5H2. The summed E-state index contributed by atoms with van der Waals surface area (Å²) in [6, 6.07) is 5.26. The molecule has 0 aliphatic carbocycles. The zero-order valence-corrected chi connectivity index (χ0v) is 6.88. The lowest BCUT2D eigenvalue weighted by molar-refractivity contribution is -0.384. The van der Waals surface area contributed by atoms with Crippen molar-refractivity contribution >= 4 is 17.4 Å². The molecule has 0 radical (unpaired) electrons. The Bertz CT molecular complexity index is 275. The quantitative estimate of drug-likeness (QED) is 0.415. The monoisotopic (exact) mass is 187 g/mol. The lowest BCUT2D eigenvalue weighted by Gasteiger charge is -1.94. The Labute approximate surface area is 72.7 Å². The summed E-state index contributed by atoms with van der Waals surface area (Å²) in [5.41, 5.74) is 0.0261. The molecule has 1 aromatic carbocycles. The molecular formula is C7H6FNO2S. The average Bonchev–Trinajstić information content (AvgIpc) is 2.06. The number of hydrogen-bond donors (Lipinski definition) is 0. The van der Waals surface area contributed by atoms with Crippen molar-refractivity contribution in [1.29, 1.82) is 0 Å². The van der Waals surface area contributed by atoms with Gasteiger partial charge in [0, 0.05) is 17.0 Å². The van der Waals surface area contributed by atoms with E-state index >= 15 is 0 Å². The number of alkyl halides is 1. The fourth-order valence-corrected chi connectivity index (χ4v) is 1.18. The molecule has 0 aromatic heterocycles. The largest absolute Gasteiger partial charge is 0.269 e. The molecule has 0 saturated heterocycles. The molecule has 0 aliphatic rings. The molecule has 0 bridgehead atoms. The van der Waals surface area contributed by atoms with Gasteiger partial charge >= 0.3 is 0 Å². The van der Waals surface area contributed by atoms with Gasteiger partial charge in [-0.15, -0.1) is 0 Å². The molecule has 0 N–H and O–H groups in total. The van der Waals surface area contributed by atoms with Gasteiger partial charge in [-0.2, -0.15) is 0 Å². The first-order chi connectivity index (χ1) is 5.74. The van der Waals surface area contributed by atoms with Crippen molar-refractivity contribution in [3.8, 4) is 0 Å². The second-order valence-electron chi connectivity index (χ2n) is 2.00. The van der Waals surface area contributed by atoms with E-state index in [1.54, 1.807) is 0 Å². The SMILES string of the molecule is O=[N+]([O-])c1ccc(SCF)cc1. The van der Waals surface area contributed by atoms with E-state index in [9.17, 15) is 14.5 Å². The molecule has 64 valence electrons. The summed E-state index contributed by atoms with van der Waals surface area (Å²) in [5, 5.41) is 10.2. The maximum Gasteiger partial charge on any atom is 0.269 e. The molecule has 0 heterocycles. The highest BCUT2D eigenvalue weighted by molar-refractivity contribution is 7.99. The molecule has 3 nitrogen and oxygen atoms in total. The number of thioether (sulfide) groups is 1. The third kappa shape index (κ3) is 2.20. The Morgan fingerprint density at radius 3 is 2.42 bits per heavy atom. The predicted molar refractivity (Wildman–Crippen MR) is 44.9 cm³/mol. The fraction of sp³-hybridized carbons (Fsp3) is 0.143. The lowest BCUT2D eigenvalue weighted by Crippen LogP contribution is -1.86. The van der Waals surface area contributed by atoms with E-state index in [0.29, 0.717) is 4.90 Å². The molecule has 5 heteroatoms. The first-order valence-electron chi connectivity index (χ1n) is 3.17. The van der Waals surface area contributed by atoms with E-state index in [0.717, 1.165) is 11.8 Å². The van der Waals surface area contributed by atoms with Crippen molar-refractivity contribution in [2.45, 2.75) is 4.90 Å². The molecule has 1 aromatic rings. The minimum atomic E-state index is -0.516. The number of halogens is 1. The average molecular weight is 187 g/mol. The van der Waals surface area contributed by atoms with Crippen LogP contribution in [-0.4, -0.2) is 10.9 Å². The van der Waals surface area contributed by atoms with E-state index in [-0.39, 0.29) is 5.69 Å². The summed E-state index contributed by atoms with van der Waals surface area (Å²) in [7, 11) is 0. The van der Waals surface area contributed by atoms with Gasteiger partial charge < -0.3 is 0 Å². The Morgan fingerprint density at radius 1 is 1.42 bits per heavy atom. The van der Waals surface area contributed by atoms with Crippen LogP contribution in [0.25, 0.3) is 0 Å². The highest BCUT2D eigenvalue weighted by Gasteiger charge is 2.03. The number of nitro benzene ring substituents is 1. The van der Waals surface area contributed by atoms with Gasteiger partial charge in [0.25, 0.3) is 5.69 Å². The number of nitro groups is 1. The molecule has 0 aliphatic heterocycles. The zero-order chi connectivity index (χ0) is 8.97. The summed E-state index contributed by atoms with van der Waals surface area (Å²) in [6.07, 6.45) is 0. The lowest BCUT2D eigenvalue weighted by atomic mass is 10.3. The molecule has 0 unspecified atom stereocenters. The number of nitrogens with zero attached hydrogens (tertiary/aromatic N) is 1. The summed E-state index contributed by atoms with van der Waals surface area (Å²) in [4.78, 5) is 10.4. The number of benzene rings is 1. The van der Waals surface area contributed by atoms with Crippen LogP contribution < -0.4 is 0 Å². The van der Waals surface area contributed by atoms with Gasteiger partial charge in [0.2, 0.25) is 0 Å². The van der Waals surface area contributed by atoms with E-state index < -0.39 is 10.9 Å². The zero-order valence-electron chi connectivity index (χ0n) is 6.07. The number of rotatable bonds is 3. The van der Waals surface area contributed by atoms with Crippen LogP contribution in [0.4, 0.5) is 10.1 Å². The van der Waals surface area contributed by atoms with Crippen LogP contribution in [0.3, 0.4) is 0 Å². The molecular weight excluding hydrogens is 181 g/mol. The van der Waals surface area contributed by atoms with Gasteiger partial charge in [0.1, 0.15) is 6.01 Å². The van der Waals surface area contributed by atoms with Crippen LogP contribution >= 0.6 is 11.8 Å². The van der Waals surface area contributed by atoms with Gasteiger partial charge in [-0.1, -0.05) is 11.8 Å². The predicted octanol–water partition coefficient (Wildman–Crippen LogP) is 2.61. The first-order valence-corrected chi connectivity index (χ1v) is 4.16. The van der Waals surface area contributed by atoms with Crippen molar-refractivity contribution in [3.63, 3.8) is 0 Å². The van der Waals surface area contributed by atoms with E-state index in [1.807, 2.05) is 0 Å². The second-order valence-corrected chi connectivity index (χ2v) is 2.98. The van der Waals surface area contributed by atoms with E-state index in [2.05, 4.69) is 0 Å². The van der Waals surface area contributed by atoms with Crippen molar-refractivity contribution < 1.29 is 9.31 Å². The van der Waals surface area contributed by atoms with Crippen molar-refractivity contribution in [3.05, 3.63) is 34.4 Å². The van der Waals surface area contributed by atoms with Crippen LogP contribution in [0, 0.1) is 10.1 Å². The highest BCUT2D eigenvalue weighted by Crippen LogP contribution is 2.20. The summed E-state index contributed by atoms with van der Waals surface area (Å²) >= 11 is 1.01. The first kappa shape index (κ1) is 8.99. The van der Waals surface area contributed by atoms with Gasteiger partial charge in [-0.3, -0.25) is 10.1 Å². The van der Waals surface area contributed by atoms with Gasteiger partial charge in [0.15, 0.2) is 0 Å². The molecule has 0 atom stereocenters. The number of hydrogen-bond acceptors (Lipinski definition) is 3.